The zero-order chi connectivity index (χ0) is 38.6. The number of aliphatic hydroxyl groups is 7. The summed E-state index contributed by atoms with van der Waals surface area (Å²) in [5, 5.41) is 112. The van der Waals surface area contributed by atoms with E-state index in [4.69, 9.17) is 33.2 Å². The van der Waals surface area contributed by atoms with E-state index in [-0.39, 0.29) is 30.1 Å². The van der Waals surface area contributed by atoms with Crippen LogP contribution >= 0.6 is 0 Å². The maximum atomic E-state index is 13.2. The standard InChI is InChI=1S/C34H44O19/c1-15-24(41)25(42)26(43)32(50-15)53-29-27(44)31(47-9-8-17-3-6-19(37)21(39)11-17)51-22(12-48-33-30(45)34(46,13-35)14-49-33)28(29)52-23(40)7-4-16-2-5-18(36)20(38)10-16/h2-7,10-11,15,22,24-33,35-39,41-46H,8-9,12-14H2,1H3/b7-4+/t15-,22+,24-,25+,26+,27+,28+,29+,30-,31+,32+,33+,34-/m0/s1. The van der Waals surface area contributed by atoms with Gasteiger partial charge < -0.3 is 89.3 Å². The number of carbonyl (C=O) groups excluding carboxylic acids is 1. The Labute approximate surface area is 302 Å². The van der Waals surface area contributed by atoms with Crippen LogP contribution in [0.5, 0.6) is 23.0 Å². The van der Waals surface area contributed by atoms with Crippen LogP contribution in [-0.4, -0.2) is 168 Å². The maximum absolute atomic E-state index is 13.2. The van der Waals surface area contributed by atoms with E-state index >= 15 is 0 Å². The van der Waals surface area contributed by atoms with Crippen molar-refractivity contribution in [3.63, 3.8) is 0 Å². The summed E-state index contributed by atoms with van der Waals surface area (Å²) >= 11 is 0. The molecule has 3 fully saturated rings. The minimum absolute atomic E-state index is 0.136. The lowest BCUT2D eigenvalue weighted by Gasteiger charge is -2.46. The number of aromatic hydroxyl groups is 4. The lowest BCUT2D eigenvalue weighted by atomic mass is 9.96. The lowest BCUT2D eigenvalue weighted by Crippen LogP contribution is -2.65. The predicted molar refractivity (Wildman–Crippen MR) is 174 cm³/mol. The van der Waals surface area contributed by atoms with Gasteiger partial charge in [0.05, 0.1) is 32.5 Å². The maximum Gasteiger partial charge on any atom is 0.331 e. The Morgan fingerprint density at radius 2 is 1.53 bits per heavy atom. The van der Waals surface area contributed by atoms with Crippen molar-refractivity contribution >= 4 is 12.0 Å². The third-order valence-corrected chi connectivity index (χ3v) is 9.09. The first-order valence-corrected chi connectivity index (χ1v) is 16.6. The molecule has 0 aromatic heterocycles. The largest absolute Gasteiger partial charge is 0.504 e. The second-order valence-electron chi connectivity index (χ2n) is 13.0. The first kappa shape index (κ1) is 40.5. The summed E-state index contributed by atoms with van der Waals surface area (Å²) in [5.74, 6) is -2.62. The van der Waals surface area contributed by atoms with Crippen LogP contribution in [0.15, 0.2) is 42.5 Å². The van der Waals surface area contributed by atoms with Crippen LogP contribution in [0.4, 0.5) is 0 Å². The summed E-state index contributed by atoms with van der Waals surface area (Å²) in [7, 11) is 0. The molecule has 294 valence electrons. The van der Waals surface area contributed by atoms with Gasteiger partial charge in [-0.15, -0.1) is 0 Å². The molecule has 2 aromatic rings. The van der Waals surface area contributed by atoms with E-state index in [1.54, 1.807) is 0 Å². The van der Waals surface area contributed by atoms with Gasteiger partial charge in [-0.1, -0.05) is 12.1 Å². The normalized spacial score (nSPS) is 36.2. The van der Waals surface area contributed by atoms with Gasteiger partial charge in [0.2, 0.25) is 0 Å². The molecule has 0 saturated carbocycles. The van der Waals surface area contributed by atoms with Crippen molar-refractivity contribution < 1.29 is 94.1 Å². The number of ether oxygens (including phenoxy) is 7. The molecule has 0 bridgehead atoms. The molecule has 0 unspecified atom stereocenters. The molecular formula is C34H44O19. The summed E-state index contributed by atoms with van der Waals surface area (Å²) in [6.07, 6.45) is -17.0. The van der Waals surface area contributed by atoms with E-state index in [1.807, 2.05) is 0 Å². The average Bonchev–Trinajstić information content (AvgIpc) is 3.42. The van der Waals surface area contributed by atoms with Crippen LogP contribution in [0.1, 0.15) is 18.1 Å². The Balaban J connectivity index is 1.42. The van der Waals surface area contributed by atoms with Gasteiger partial charge in [-0.2, -0.15) is 0 Å². The van der Waals surface area contributed by atoms with Crippen LogP contribution in [-0.2, 0) is 44.4 Å². The Hall–Kier alpha value is -3.67. The minimum Gasteiger partial charge on any atom is -0.504 e. The Morgan fingerprint density at radius 3 is 2.19 bits per heavy atom. The molecule has 0 aliphatic carbocycles. The van der Waals surface area contributed by atoms with Crippen molar-refractivity contribution in [1.82, 2.24) is 0 Å². The first-order chi connectivity index (χ1) is 25.1. The number of phenolic OH excluding ortho intramolecular Hbond substituents is 4. The highest BCUT2D eigenvalue weighted by molar-refractivity contribution is 5.87. The van der Waals surface area contributed by atoms with Crippen LogP contribution in [0.2, 0.25) is 0 Å². The molecule has 19 nitrogen and oxygen atoms in total. The summed E-state index contributed by atoms with van der Waals surface area (Å²) in [6, 6.07) is 7.83. The fourth-order valence-corrected chi connectivity index (χ4v) is 5.87. The summed E-state index contributed by atoms with van der Waals surface area (Å²) in [5.41, 5.74) is -1.24. The Morgan fingerprint density at radius 1 is 0.830 bits per heavy atom. The second-order valence-corrected chi connectivity index (χ2v) is 13.0. The van der Waals surface area contributed by atoms with E-state index in [0.717, 1.165) is 6.08 Å². The average molecular weight is 757 g/mol. The molecule has 0 amide bonds. The number of aliphatic hydroxyl groups excluding tert-OH is 6. The molecule has 0 radical (unpaired) electrons. The number of benzene rings is 2. The third kappa shape index (κ3) is 9.35. The number of hydrogen-bond acceptors (Lipinski definition) is 19. The molecule has 3 aliphatic heterocycles. The fourth-order valence-electron chi connectivity index (χ4n) is 5.87. The van der Waals surface area contributed by atoms with Crippen LogP contribution in [0.3, 0.4) is 0 Å². The van der Waals surface area contributed by atoms with Crippen molar-refractivity contribution in [1.29, 1.82) is 0 Å². The van der Waals surface area contributed by atoms with E-state index in [9.17, 15) is 61.0 Å². The van der Waals surface area contributed by atoms with Gasteiger partial charge in [0, 0.05) is 6.08 Å². The molecule has 0 spiro atoms. The van der Waals surface area contributed by atoms with Gasteiger partial charge in [-0.3, -0.25) is 0 Å². The Bertz CT molecular complexity index is 1570. The number of carbonyl (C=O) groups is 1. The number of phenols is 4. The number of rotatable bonds is 13. The van der Waals surface area contributed by atoms with E-state index in [1.165, 1.54) is 49.4 Å². The van der Waals surface area contributed by atoms with Crippen molar-refractivity contribution in [2.24, 2.45) is 0 Å². The zero-order valence-electron chi connectivity index (χ0n) is 28.3. The van der Waals surface area contributed by atoms with E-state index < -0.39 is 117 Å². The fraction of sp³-hybridized carbons (Fsp3) is 0.559. The molecule has 3 aliphatic rings. The SMILES string of the molecule is C[C@@H]1O[C@H](O[C@@H]2[C@@H](O)[C@H](OCCc3ccc(O)c(O)c3)O[C@H](CO[C@@H]3OC[C@@](O)(CO)[C@H]3O)[C@H]2OC(=O)/C=C/c2ccc(O)c(O)c2)[C@H](O)[C@H](O)[C@H]1O. The number of hydrogen-bond donors (Lipinski definition) is 11. The molecule has 2 aromatic carbocycles. The molecule has 3 saturated heterocycles. The topological polar surface area (TPSA) is 304 Å². The number of esters is 1. The first-order valence-electron chi connectivity index (χ1n) is 16.6. The lowest BCUT2D eigenvalue weighted by molar-refractivity contribution is -0.360. The van der Waals surface area contributed by atoms with Gasteiger partial charge in [0.15, 0.2) is 48.0 Å². The van der Waals surface area contributed by atoms with Crippen molar-refractivity contribution in [2.75, 3.05) is 26.4 Å². The quantitative estimate of drug-likeness (QED) is 0.0569. The molecule has 11 N–H and O–H groups in total. The smallest absolute Gasteiger partial charge is 0.331 e. The highest BCUT2D eigenvalue weighted by atomic mass is 16.8. The predicted octanol–water partition coefficient (Wildman–Crippen LogP) is -2.55. The second kappa shape index (κ2) is 17.2. The van der Waals surface area contributed by atoms with Crippen LogP contribution in [0.25, 0.3) is 6.08 Å². The van der Waals surface area contributed by atoms with Crippen molar-refractivity contribution in [3.05, 3.63) is 53.6 Å². The van der Waals surface area contributed by atoms with Crippen molar-refractivity contribution in [3.8, 4) is 23.0 Å². The van der Waals surface area contributed by atoms with Crippen molar-refractivity contribution in [2.45, 2.75) is 92.8 Å². The minimum atomic E-state index is -2.05. The molecule has 53 heavy (non-hydrogen) atoms. The zero-order valence-corrected chi connectivity index (χ0v) is 28.3. The highest BCUT2D eigenvalue weighted by Gasteiger charge is 2.54. The van der Waals surface area contributed by atoms with Gasteiger partial charge in [-0.05, 0) is 54.8 Å². The van der Waals surface area contributed by atoms with Crippen LogP contribution in [0, 0.1) is 0 Å². The molecule has 13 atom stereocenters. The van der Waals surface area contributed by atoms with E-state index in [2.05, 4.69) is 0 Å². The van der Waals surface area contributed by atoms with E-state index in [0.29, 0.717) is 5.56 Å². The molecule has 5 rings (SSSR count). The summed E-state index contributed by atoms with van der Waals surface area (Å²) < 4.78 is 40.0. The molecular weight excluding hydrogens is 712 g/mol. The van der Waals surface area contributed by atoms with Gasteiger partial charge in [0.1, 0.15) is 48.3 Å². The molecule has 19 heteroatoms. The van der Waals surface area contributed by atoms with Gasteiger partial charge >= 0.3 is 5.97 Å². The monoisotopic (exact) mass is 756 g/mol. The molecule has 3 heterocycles. The summed E-state index contributed by atoms with van der Waals surface area (Å²) in [4.78, 5) is 13.2. The summed E-state index contributed by atoms with van der Waals surface area (Å²) in [6.45, 7) is -0.718. The third-order valence-electron chi connectivity index (χ3n) is 9.09. The van der Waals surface area contributed by atoms with Crippen LogP contribution < -0.4 is 0 Å². The van der Waals surface area contributed by atoms with Gasteiger partial charge in [0.25, 0.3) is 0 Å². The highest BCUT2D eigenvalue weighted by Crippen LogP contribution is 2.34. The van der Waals surface area contributed by atoms with Gasteiger partial charge in [-0.25, -0.2) is 4.79 Å². The Kier molecular flexibility index (Phi) is 13.2.